The average molecular weight is 375 g/mol. The summed E-state index contributed by atoms with van der Waals surface area (Å²) in [4.78, 5) is 28.0. The van der Waals surface area contributed by atoms with Gasteiger partial charge in [-0.15, -0.1) is 0 Å². The Kier molecular flexibility index (Phi) is 6.67. The van der Waals surface area contributed by atoms with Crippen LogP contribution in [-0.2, 0) is 19.4 Å². The van der Waals surface area contributed by atoms with Crippen molar-refractivity contribution in [3.8, 4) is 0 Å². The van der Waals surface area contributed by atoms with E-state index in [0.29, 0.717) is 13.1 Å². The molecule has 0 aromatic rings. The van der Waals surface area contributed by atoms with Crippen molar-refractivity contribution in [1.82, 2.24) is 9.80 Å². The van der Waals surface area contributed by atoms with E-state index in [4.69, 9.17) is 4.74 Å². The van der Waals surface area contributed by atoms with Crippen molar-refractivity contribution in [3.63, 3.8) is 0 Å². The predicted molar refractivity (Wildman–Crippen MR) is 96.7 cm³/mol. The molecule has 1 aliphatic rings. The SMILES string of the molecule is CC(C)[C@@H](C(=O)OC(C)(C)C)N(C)C(=O)N1CC(/C=C/S(C)(=O)=O)C1. The molecule has 1 saturated heterocycles. The Hall–Kier alpha value is -1.57. The number of rotatable bonds is 5. The van der Waals surface area contributed by atoms with Crippen LogP contribution in [0.25, 0.3) is 0 Å². The summed E-state index contributed by atoms with van der Waals surface area (Å²) in [5, 5.41) is 1.17. The van der Waals surface area contributed by atoms with Crippen LogP contribution in [0.15, 0.2) is 11.5 Å². The van der Waals surface area contributed by atoms with Gasteiger partial charge in [-0.05, 0) is 26.7 Å². The molecule has 8 heteroatoms. The number of carbonyl (C=O) groups is 2. The zero-order valence-electron chi connectivity index (χ0n) is 16.1. The van der Waals surface area contributed by atoms with Crippen molar-refractivity contribution in [2.24, 2.45) is 11.8 Å². The number of urea groups is 1. The maximum absolute atomic E-state index is 12.6. The molecule has 1 aliphatic heterocycles. The fourth-order valence-corrected chi connectivity index (χ4v) is 3.13. The van der Waals surface area contributed by atoms with Crippen LogP contribution in [0.4, 0.5) is 4.79 Å². The minimum absolute atomic E-state index is 0.0195. The minimum Gasteiger partial charge on any atom is -0.458 e. The Morgan fingerprint density at radius 3 is 2.16 bits per heavy atom. The van der Waals surface area contributed by atoms with Gasteiger partial charge in [-0.1, -0.05) is 19.9 Å². The first-order valence-electron chi connectivity index (χ1n) is 8.34. The highest BCUT2D eigenvalue weighted by Gasteiger charge is 2.38. The molecule has 1 atom stereocenters. The number of amides is 2. The quantitative estimate of drug-likeness (QED) is 0.686. The maximum atomic E-state index is 12.6. The van der Waals surface area contributed by atoms with Gasteiger partial charge in [0.2, 0.25) is 0 Å². The number of likely N-dealkylation sites (N-methyl/N-ethyl adjacent to an activating group) is 1. The Bertz CT molecular complexity index is 628. The van der Waals surface area contributed by atoms with Gasteiger partial charge in [-0.2, -0.15) is 0 Å². The zero-order valence-corrected chi connectivity index (χ0v) is 17.0. The van der Waals surface area contributed by atoms with Gasteiger partial charge in [0.1, 0.15) is 11.6 Å². The van der Waals surface area contributed by atoms with E-state index in [2.05, 4.69) is 0 Å². The van der Waals surface area contributed by atoms with E-state index in [1.165, 1.54) is 10.3 Å². The molecule has 1 rings (SSSR count). The zero-order chi connectivity index (χ0) is 19.6. The van der Waals surface area contributed by atoms with Crippen LogP contribution in [0, 0.1) is 11.8 Å². The molecule has 0 aromatic carbocycles. The van der Waals surface area contributed by atoms with Gasteiger partial charge in [-0.25, -0.2) is 18.0 Å². The molecule has 0 aromatic heterocycles. The van der Waals surface area contributed by atoms with Crippen molar-refractivity contribution >= 4 is 21.8 Å². The molecule has 0 radical (unpaired) electrons. The molecule has 1 fully saturated rings. The van der Waals surface area contributed by atoms with E-state index in [9.17, 15) is 18.0 Å². The van der Waals surface area contributed by atoms with Crippen molar-refractivity contribution in [2.45, 2.75) is 46.3 Å². The average Bonchev–Trinajstić information content (AvgIpc) is 2.32. The highest BCUT2D eigenvalue weighted by molar-refractivity contribution is 7.93. The monoisotopic (exact) mass is 374 g/mol. The molecular weight excluding hydrogens is 344 g/mol. The van der Waals surface area contributed by atoms with Crippen LogP contribution in [0.5, 0.6) is 0 Å². The van der Waals surface area contributed by atoms with E-state index in [1.807, 2.05) is 13.8 Å². The minimum atomic E-state index is -3.16. The van der Waals surface area contributed by atoms with E-state index in [-0.39, 0.29) is 17.9 Å². The smallest absolute Gasteiger partial charge is 0.329 e. The lowest BCUT2D eigenvalue weighted by Crippen LogP contribution is -2.58. The molecule has 0 unspecified atom stereocenters. The molecule has 1 heterocycles. The third-order valence-electron chi connectivity index (χ3n) is 3.78. The number of sulfone groups is 1. The molecule has 2 amide bonds. The van der Waals surface area contributed by atoms with E-state index in [1.54, 1.807) is 38.8 Å². The van der Waals surface area contributed by atoms with Gasteiger partial charge < -0.3 is 14.5 Å². The Labute approximate surface area is 150 Å². The molecule has 25 heavy (non-hydrogen) atoms. The molecule has 0 spiro atoms. The van der Waals surface area contributed by atoms with E-state index >= 15 is 0 Å². The largest absolute Gasteiger partial charge is 0.458 e. The fourth-order valence-electron chi connectivity index (χ4n) is 2.63. The number of ether oxygens (including phenoxy) is 1. The summed E-state index contributed by atoms with van der Waals surface area (Å²) in [6.45, 7) is 9.98. The third-order valence-corrected chi connectivity index (χ3v) is 4.43. The van der Waals surface area contributed by atoms with Gasteiger partial charge in [0.05, 0.1) is 0 Å². The summed E-state index contributed by atoms with van der Waals surface area (Å²) < 4.78 is 27.7. The first-order valence-corrected chi connectivity index (χ1v) is 10.3. The summed E-state index contributed by atoms with van der Waals surface area (Å²) >= 11 is 0. The second-order valence-electron chi connectivity index (χ2n) is 7.94. The lowest BCUT2D eigenvalue weighted by molar-refractivity contribution is -0.161. The number of likely N-dealkylation sites (tertiary alicyclic amines) is 1. The van der Waals surface area contributed by atoms with Crippen LogP contribution in [0.1, 0.15) is 34.6 Å². The van der Waals surface area contributed by atoms with Crippen molar-refractivity contribution in [3.05, 3.63) is 11.5 Å². The normalized spacial score (nSPS) is 17.5. The second kappa shape index (κ2) is 7.76. The van der Waals surface area contributed by atoms with Crippen molar-refractivity contribution in [1.29, 1.82) is 0 Å². The van der Waals surface area contributed by atoms with Crippen molar-refractivity contribution in [2.75, 3.05) is 26.4 Å². The van der Waals surface area contributed by atoms with Crippen LogP contribution < -0.4 is 0 Å². The Balaban J connectivity index is 2.71. The molecular formula is C17H30N2O5S. The molecule has 0 aliphatic carbocycles. The summed E-state index contributed by atoms with van der Waals surface area (Å²) in [5.74, 6) is -0.496. The summed E-state index contributed by atoms with van der Waals surface area (Å²) in [7, 11) is -1.56. The number of carbonyl (C=O) groups excluding carboxylic acids is 2. The second-order valence-corrected chi connectivity index (χ2v) is 9.87. The number of hydrogen-bond donors (Lipinski definition) is 0. The third kappa shape index (κ3) is 6.68. The molecule has 144 valence electrons. The first kappa shape index (κ1) is 21.5. The van der Waals surface area contributed by atoms with E-state index < -0.39 is 27.4 Å². The van der Waals surface area contributed by atoms with Gasteiger partial charge in [0.15, 0.2) is 9.84 Å². The summed E-state index contributed by atoms with van der Waals surface area (Å²) in [6, 6.07) is -0.925. The predicted octanol–water partition coefficient (Wildman–Crippen LogP) is 1.89. The highest BCUT2D eigenvalue weighted by Crippen LogP contribution is 2.22. The molecule has 0 N–H and O–H groups in total. The number of esters is 1. The van der Waals surface area contributed by atoms with Gasteiger partial charge in [0, 0.05) is 37.7 Å². The Morgan fingerprint density at radius 2 is 1.76 bits per heavy atom. The lowest BCUT2D eigenvalue weighted by atomic mass is 10.00. The Morgan fingerprint density at radius 1 is 1.24 bits per heavy atom. The van der Waals surface area contributed by atoms with Crippen LogP contribution in [0.3, 0.4) is 0 Å². The van der Waals surface area contributed by atoms with Gasteiger partial charge >= 0.3 is 12.0 Å². The fraction of sp³-hybridized carbons (Fsp3) is 0.765. The van der Waals surface area contributed by atoms with E-state index in [0.717, 1.165) is 6.26 Å². The number of nitrogens with zero attached hydrogens (tertiary/aromatic N) is 2. The van der Waals surface area contributed by atoms with Crippen LogP contribution in [-0.4, -0.2) is 68.3 Å². The topological polar surface area (TPSA) is 84.0 Å². The highest BCUT2D eigenvalue weighted by atomic mass is 32.2. The maximum Gasteiger partial charge on any atom is 0.329 e. The summed E-state index contributed by atoms with van der Waals surface area (Å²) in [5.41, 5.74) is -0.619. The van der Waals surface area contributed by atoms with Crippen LogP contribution >= 0.6 is 0 Å². The first-order chi connectivity index (χ1) is 11.2. The molecule has 0 bridgehead atoms. The molecule has 7 nitrogen and oxygen atoms in total. The van der Waals surface area contributed by atoms with Crippen LogP contribution in [0.2, 0.25) is 0 Å². The standard InChI is InChI=1S/C17H30N2O5S/c1-12(2)14(15(20)24-17(3,4)5)18(6)16(21)19-10-13(11-19)8-9-25(7,22)23/h8-9,12-14H,10-11H2,1-7H3/b9-8+/t14-/m0/s1. The van der Waals surface area contributed by atoms with Crippen molar-refractivity contribution < 1.29 is 22.7 Å². The lowest BCUT2D eigenvalue weighted by Gasteiger charge is -2.42. The molecule has 0 saturated carbocycles. The van der Waals surface area contributed by atoms with Gasteiger partial charge in [-0.3, -0.25) is 0 Å². The summed E-state index contributed by atoms with van der Waals surface area (Å²) in [6.07, 6.45) is 2.74. The number of hydrogen-bond acceptors (Lipinski definition) is 5. The van der Waals surface area contributed by atoms with Gasteiger partial charge in [0.25, 0.3) is 0 Å².